The number of carbonyl (C=O) groups is 1. The number of pyridine rings is 1. The number of rotatable bonds is 11. The van der Waals surface area contributed by atoms with E-state index in [4.69, 9.17) is 19.6 Å². The number of nitriles is 1. The standard InChI is InChI=1S/C26H25N4O6P/c1-17-25(31)22(15-28-12-11-19-7-9-20(13-27)10-8-19)21(14-29-17)16-35-23-5-3-4-6-24(23)36-37(34)30-18(2)26(32)33/h3-10,14-15,18,31H,11-12,16H2,1-2H3,(H,32,33)/b28-15+. The molecule has 2 N–H and O–H groups in total. The summed E-state index contributed by atoms with van der Waals surface area (Å²) in [6.07, 6.45) is 3.80. The number of benzene rings is 2. The van der Waals surface area contributed by atoms with E-state index in [-0.39, 0.29) is 23.9 Å². The first-order valence-corrected chi connectivity index (χ1v) is 12.4. The van der Waals surface area contributed by atoms with Crippen LogP contribution in [0.2, 0.25) is 0 Å². The minimum Gasteiger partial charge on any atom is -0.575 e. The topological polar surface area (TPSA) is 160 Å². The SMILES string of the molecule is Cc1ncc(COc2ccccc2O/[P+]([O-])=N/C(C)C(=O)O)c(/C=N/CCc2ccc(C#N)cc2)c1O. The van der Waals surface area contributed by atoms with Gasteiger partial charge in [0, 0.05) is 30.1 Å². The van der Waals surface area contributed by atoms with Gasteiger partial charge in [-0.3, -0.25) is 14.5 Å². The molecular weight excluding hydrogens is 495 g/mol. The lowest BCUT2D eigenvalue weighted by molar-refractivity contribution is -0.169. The molecule has 11 heteroatoms. The van der Waals surface area contributed by atoms with Crippen molar-refractivity contribution >= 4 is 20.4 Å². The average molecular weight is 520 g/mol. The molecule has 0 bridgehead atoms. The Morgan fingerprint density at radius 2 is 1.95 bits per heavy atom. The van der Waals surface area contributed by atoms with E-state index in [9.17, 15) is 14.8 Å². The molecule has 37 heavy (non-hydrogen) atoms. The summed E-state index contributed by atoms with van der Waals surface area (Å²) in [7, 11) is -2.63. The number of aromatic hydroxyl groups is 1. The molecule has 0 radical (unpaired) electrons. The molecule has 190 valence electrons. The van der Waals surface area contributed by atoms with Gasteiger partial charge in [0.05, 0.1) is 17.3 Å². The Hall–Kier alpha value is -4.32. The van der Waals surface area contributed by atoms with E-state index in [0.717, 1.165) is 5.56 Å². The smallest absolute Gasteiger partial charge is 0.395 e. The number of carboxylic acid groups (broad SMARTS) is 1. The van der Waals surface area contributed by atoms with Gasteiger partial charge in [-0.05, 0) is 50.1 Å². The average Bonchev–Trinajstić information content (AvgIpc) is 2.89. The first kappa shape index (κ1) is 27.3. The molecule has 3 rings (SSSR count). The number of aryl methyl sites for hydroxylation is 1. The number of aliphatic carboxylic acids is 1. The highest BCUT2D eigenvalue weighted by Crippen LogP contribution is 2.34. The Kier molecular flexibility index (Phi) is 9.67. The number of aliphatic imine (C=N–C) groups is 1. The molecule has 10 nitrogen and oxygen atoms in total. The van der Waals surface area contributed by atoms with Crippen molar-refractivity contribution in [2.45, 2.75) is 32.9 Å². The predicted octanol–water partition coefficient (Wildman–Crippen LogP) is 3.92. The van der Waals surface area contributed by atoms with Gasteiger partial charge in [-0.1, -0.05) is 29.0 Å². The maximum atomic E-state index is 12.1. The largest absolute Gasteiger partial charge is 0.575 e. The summed E-state index contributed by atoms with van der Waals surface area (Å²) in [5.74, 6) is -0.841. The third-order valence-electron chi connectivity index (χ3n) is 5.22. The first-order chi connectivity index (χ1) is 17.8. The second-order valence-electron chi connectivity index (χ2n) is 7.92. The van der Waals surface area contributed by atoms with Crippen LogP contribution in [0.25, 0.3) is 0 Å². The molecular formula is C26H25N4O6P. The summed E-state index contributed by atoms with van der Waals surface area (Å²) in [5.41, 5.74) is 3.09. The summed E-state index contributed by atoms with van der Waals surface area (Å²) >= 11 is 0. The molecule has 2 aromatic carbocycles. The molecule has 0 aliphatic rings. The molecule has 0 aliphatic heterocycles. The molecule has 0 spiro atoms. The third-order valence-corrected chi connectivity index (χ3v) is 6.11. The minimum atomic E-state index is -2.63. The third kappa shape index (κ3) is 7.84. The van der Waals surface area contributed by atoms with E-state index < -0.39 is 20.2 Å². The monoisotopic (exact) mass is 520 g/mol. The predicted molar refractivity (Wildman–Crippen MR) is 136 cm³/mol. The number of para-hydroxylation sites is 2. The Labute approximate surface area is 215 Å². The Morgan fingerprint density at radius 3 is 2.62 bits per heavy atom. The van der Waals surface area contributed by atoms with Crippen LogP contribution in [0.4, 0.5) is 0 Å². The number of hydrogen-bond donors (Lipinski definition) is 2. The van der Waals surface area contributed by atoms with E-state index in [0.29, 0.717) is 35.3 Å². The minimum absolute atomic E-state index is 0.00234. The zero-order valence-electron chi connectivity index (χ0n) is 20.2. The quantitative estimate of drug-likeness (QED) is 0.284. The second kappa shape index (κ2) is 13.1. The van der Waals surface area contributed by atoms with Crippen LogP contribution in [0, 0.1) is 18.3 Å². The first-order valence-electron chi connectivity index (χ1n) is 11.3. The van der Waals surface area contributed by atoms with Gasteiger partial charge < -0.3 is 19.8 Å². The molecule has 2 atom stereocenters. The van der Waals surface area contributed by atoms with Gasteiger partial charge in [-0.25, -0.2) is 4.79 Å². The number of hydrogen-bond acceptors (Lipinski definition) is 9. The highest BCUT2D eigenvalue weighted by Gasteiger charge is 2.18. The number of aromatic nitrogens is 1. The molecule has 0 aliphatic carbocycles. The molecule has 1 heterocycles. The number of ether oxygens (including phenoxy) is 1. The van der Waals surface area contributed by atoms with E-state index in [1.165, 1.54) is 13.0 Å². The van der Waals surface area contributed by atoms with Crippen molar-refractivity contribution in [2.75, 3.05) is 6.54 Å². The Bertz CT molecular complexity index is 1350. The van der Waals surface area contributed by atoms with Crippen LogP contribution >= 0.6 is 8.17 Å². The van der Waals surface area contributed by atoms with Crippen LogP contribution in [-0.4, -0.2) is 40.0 Å². The van der Waals surface area contributed by atoms with Crippen LogP contribution in [0.3, 0.4) is 0 Å². The highest BCUT2D eigenvalue weighted by atomic mass is 31.1. The van der Waals surface area contributed by atoms with E-state index in [2.05, 4.69) is 20.8 Å². The van der Waals surface area contributed by atoms with Crippen molar-refractivity contribution in [3.05, 3.63) is 82.7 Å². The van der Waals surface area contributed by atoms with Gasteiger partial charge >= 0.3 is 14.1 Å². The van der Waals surface area contributed by atoms with Gasteiger partial charge in [-0.15, -0.1) is 0 Å². The van der Waals surface area contributed by atoms with Crippen molar-refractivity contribution in [3.8, 4) is 23.3 Å². The van der Waals surface area contributed by atoms with Gasteiger partial charge in [0.1, 0.15) is 12.4 Å². The Balaban J connectivity index is 1.71. The van der Waals surface area contributed by atoms with Gasteiger partial charge in [0.15, 0.2) is 11.8 Å². The van der Waals surface area contributed by atoms with Gasteiger partial charge in [0.25, 0.3) is 0 Å². The molecule has 0 saturated heterocycles. The summed E-state index contributed by atoms with van der Waals surface area (Å²) in [4.78, 5) is 31.7. The molecule has 0 amide bonds. The fourth-order valence-corrected chi connectivity index (χ4v) is 3.85. The van der Waals surface area contributed by atoms with Crippen LogP contribution in [0.1, 0.15) is 34.9 Å². The van der Waals surface area contributed by atoms with Crippen molar-refractivity contribution in [1.82, 2.24) is 4.98 Å². The lowest BCUT2D eigenvalue weighted by Crippen LogP contribution is -2.13. The molecule has 1 aromatic heterocycles. The van der Waals surface area contributed by atoms with Crippen LogP contribution in [-0.2, 0) is 17.8 Å². The zero-order valence-corrected chi connectivity index (χ0v) is 21.1. The fourth-order valence-electron chi connectivity index (χ4n) is 3.11. The maximum Gasteiger partial charge on any atom is 0.395 e. The van der Waals surface area contributed by atoms with Gasteiger partial charge in [0.2, 0.25) is 5.75 Å². The van der Waals surface area contributed by atoms with Crippen molar-refractivity contribution in [3.63, 3.8) is 0 Å². The molecule has 0 fully saturated rings. The lowest BCUT2D eigenvalue weighted by atomic mass is 10.1. The fraction of sp³-hybridized carbons (Fsp3) is 0.231. The lowest BCUT2D eigenvalue weighted by Gasteiger charge is -2.12. The summed E-state index contributed by atoms with van der Waals surface area (Å²) in [5, 5.41) is 28.4. The van der Waals surface area contributed by atoms with Gasteiger partial charge in [-0.2, -0.15) is 5.26 Å². The van der Waals surface area contributed by atoms with E-state index >= 15 is 0 Å². The normalized spacial score (nSPS) is 12.2. The number of nitrogens with zero attached hydrogens (tertiary/aromatic N) is 4. The molecule has 3 aromatic rings. The molecule has 2 unspecified atom stereocenters. The van der Waals surface area contributed by atoms with Crippen molar-refractivity contribution in [2.24, 2.45) is 9.74 Å². The van der Waals surface area contributed by atoms with Crippen molar-refractivity contribution in [1.29, 1.82) is 5.26 Å². The second-order valence-corrected chi connectivity index (χ2v) is 8.81. The zero-order chi connectivity index (χ0) is 26.8. The van der Waals surface area contributed by atoms with E-state index in [1.54, 1.807) is 49.7 Å². The van der Waals surface area contributed by atoms with Crippen LogP contribution in [0.15, 0.2) is 64.5 Å². The summed E-state index contributed by atoms with van der Waals surface area (Å²) < 4.78 is 14.8. The highest BCUT2D eigenvalue weighted by molar-refractivity contribution is 7.34. The van der Waals surface area contributed by atoms with Crippen molar-refractivity contribution < 1.29 is 29.2 Å². The Morgan fingerprint density at radius 1 is 1.24 bits per heavy atom. The summed E-state index contributed by atoms with van der Waals surface area (Å²) in [6, 6.07) is 14.6. The van der Waals surface area contributed by atoms with E-state index in [1.807, 2.05) is 12.1 Å². The molecule has 0 saturated carbocycles. The summed E-state index contributed by atoms with van der Waals surface area (Å²) in [6.45, 7) is 3.44. The number of carboxylic acids is 1. The van der Waals surface area contributed by atoms with Crippen LogP contribution in [0.5, 0.6) is 17.2 Å². The maximum absolute atomic E-state index is 12.1. The van der Waals surface area contributed by atoms with Crippen LogP contribution < -0.4 is 14.2 Å².